The molecule has 0 atom stereocenters. The Balaban J connectivity index is 2.13. The van der Waals surface area contributed by atoms with Gasteiger partial charge in [0.2, 0.25) is 5.88 Å². The third kappa shape index (κ3) is 3.31. The van der Waals surface area contributed by atoms with Crippen LogP contribution in [0, 0.1) is 13.8 Å². The predicted molar refractivity (Wildman–Crippen MR) is 74.6 cm³/mol. The van der Waals surface area contributed by atoms with E-state index in [1.807, 2.05) is 50.2 Å². The quantitative estimate of drug-likeness (QED) is 0.827. The van der Waals surface area contributed by atoms with Crippen molar-refractivity contribution in [2.24, 2.45) is 0 Å². The highest BCUT2D eigenvalue weighted by molar-refractivity contribution is 5.88. The van der Waals surface area contributed by atoms with Crippen LogP contribution in [0.1, 0.15) is 11.3 Å². The second-order valence-electron chi connectivity index (χ2n) is 4.39. The molecular formula is C15H16N2O2. The van der Waals surface area contributed by atoms with Crippen LogP contribution in [0.15, 0.2) is 42.5 Å². The fourth-order valence-corrected chi connectivity index (χ4v) is 1.77. The molecule has 0 bridgehead atoms. The first kappa shape index (κ1) is 13.1. The molecule has 98 valence electrons. The van der Waals surface area contributed by atoms with E-state index < -0.39 is 6.09 Å². The first-order chi connectivity index (χ1) is 9.06. The monoisotopic (exact) mass is 256 g/mol. The van der Waals surface area contributed by atoms with Gasteiger partial charge >= 0.3 is 6.09 Å². The molecule has 0 saturated heterocycles. The lowest BCUT2D eigenvalue weighted by Crippen LogP contribution is -2.29. The van der Waals surface area contributed by atoms with Gasteiger partial charge in [-0.25, -0.2) is 9.78 Å². The van der Waals surface area contributed by atoms with Gasteiger partial charge in [0.1, 0.15) is 0 Å². The highest BCUT2D eigenvalue weighted by atomic mass is 16.6. The number of hydrogen-bond acceptors (Lipinski definition) is 3. The molecule has 0 aliphatic heterocycles. The van der Waals surface area contributed by atoms with Crippen LogP contribution in [0.4, 0.5) is 10.5 Å². The Kier molecular flexibility index (Phi) is 3.80. The molecule has 0 N–H and O–H groups in total. The average Bonchev–Trinajstić information content (AvgIpc) is 2.37. The fraction of sp³-hybridized carbons (Fsp3) is 0.200. The van der Waals surface area contributed by atoms with E-state index in [4.69, 9.17) is 4.74 Å². The molecule has 0 aliphatic rings. The zero-order valence-electron chi connectivity index (χ0n) is 11.3. The molecule has 1 aromatic carbocycles. The molecule has 4 heteroatoms. The first-order valence-corrected chi connectivity index (χ1v) is 6.02. The lowest BCUT2D eigenvalue weighted by molar-refractivity contribution is 0.207. The zero-order valence-corrected chi connectivity index (χ0v) is 11.3. The minimum atomic E-state index is -0.455. The van der Waals surface area contributed by atoms with E-state index in [9.17, 15) is 4.79 Å². The first-order valence-electron chi connectivity index (χ1n) is 6.02. The summed E-state index contributed by atoms with van der Waals surface area (Å²) in [5.41, 5.74) is 2.61. The maximum atomic E-state index is 12.0. The van der Waals surface area contributed by atoms with Gasteiger partial charge in [-0.2, -0.15) is 0 Å². The number of nitrogens with zero attached hydrogens (tertiary/aromatic N) is 2. The Morgan fingerprint density at radius 3 is 2.47 bits per heavy atom. The molecule has 1 heterocycles. The maximum absolute atomic E-state index is 12.0. The van der Waals surface area contributed by atoms with Crippen molar-refractivity contribution in [3.8, 4) is 5.88 Å². The maximum Gasteiger partial charge on any atom is 0.420 e. The molecule has 0 fully saturated rings. The second kappa shape index (κ2) is 5.52. The highest BCUT2D eigenvalue weighted by Crippen LogP contribution is 2.16. The summed E-state index contributed by atoms with van der Waals surface area (Å²) in [5.74, 6) is 0.324. The van der Waals surface area contributed by atoms with Gasteiger partial charge in [-0.3, -0.25) is 4.90 Å². The molecule has 1 aromatic heterocycles. The number of ether oxygens (including phenoxy) is 1. The predicted octanol–water partition coefficient (Wildman–Crippen LogP) is 3.33. The van der Waals surface area contributed by atoms with Crippen molar-refractivity contribution in [3.63, 3.8) is 0 Å². The molecule has 0 spiro atoms. The number of anilines is 1. The Morgan fingerprint density at radius 1 is 1.16 bits per heavy atom. The van der Waals surface area contributed by atoms with Gasteiger partial charge < -0.3 is 4.74 Å². The Morgan fingerprint density at radius 2 is 1.84 bits per heavy atom. The van der Waals surface area contributed by atoms with Gasteiger partial charge in [0.25, 0.3) is 0 Å². The van der Waals surface area contributed by atoms with Crippen LogP contribution < -0.4 is 9.64 Å². The Labute approximate surface area is 112 Å². The number of amides is 1. The summed E-state index contributed by atoms with van der Waals surface area (Å²) in [6, 6.07) is 13.0. The number of carbonyl (C=O) groups is 1. The van der Waals surface area contributed by atoms with E-state index in [1.165, 1.54) is 4.90 Å². The average molecular weight is 256 g/mol. The van der Waals surface area contributed by atoms with Gasteiger partial charge in [0.15, 0.2) is 0 Å². The van der Waals surface area contributed by atoms with Gasteiger partial charge in [-0.05, 0) is 37.6 Å². The van der Waals surface area contributed by atoms with Gasteiger partial charge in [0.05, 0.1) is 0 Å². The van der Waals surface area contributed by atoms with E-state index in [0.29, 0.717) is 5.88 Å². The van der Waals surface area contributed by atoms with Crippen LogP contribution in [0.5, 0.6) is 5.88 Å². The summed E-state index contributed by atoms with van der Waals surface area (Å²) in [7, 11) is 1.67. The van der Waals surface area contributed by atoms with Crippen molar-refractivity contribution in [3.05, 3.63) is 53.7 Å². The van der Waals surface area contributed by atoms with E-state index >= 15 is 0 Å². The van der Waals surface area contributed by atoms with Crippen LogP contribution >= 0.6 is 0 Å². The smallest absolute Gasteiger partial charge is 0.391 e. The summed E-state index contributed by atoms with van der Waals surface area (Å²) in [6.07, 6.45) is -0.455. The minimum Gasteiger partial charge on any atom is -0.391 e. The Bertz CT molecular complexity index is 562. The summed E-state index contributed by atoms with van der Waals surface area (Å²) in [4.78, 5) is 17.6. The zero-order chi connectivity index (χ0) is 13.8. The van der Waals surface area contributed by atoms with Gasteiger partial charge in [-0.1, -0.05) is 18.2 Å². The molecule has 2 aromatic rings. The number of pyridine rings is 1. The number of benzene rings is 1. The minimum absolute atomic E-state index is 0.324. The number of para-hydroxylation sites is 1. The van der Waals surface area contributed by atoms with Crippen LogP contribution in [-0.4, -0.2) is 18.1 Å². The highest BCUT2D eigenvalue weighted by Gasteiger charge is 2.13. The summed E-state index contributed by atoms with van der Waals surface area (Å²) in [5, 5.41) is 0. The topological polar surface area (TPSA) is 42.4 Å². The number of rotatable bonds is 2. The van der Waals surface area contributed by atoms with Crippen molar-refractivity contribution in [2.75, 3.05) is 11.9 Å². The van der Waals surface area contributed by atoms with E-state index in [-0.39, 0.29) is 0 Å². The van der Waals surface area contributed by atoms with E-state index in [2.05, 4.69) is 4.98 Å². The molecule has 0 saturated carbocycles. The summed E-state index contributed by atoms with van der Waals surface area (Å²) in [6.45, 7) is 3.80. The second-order valence-corrected chi connectivity index (χ2v) is 4.39. The summed E-state index contributed by atoms with van der Waals surface area (Å²) >= 11 is 0. The number of hydrogen-bond donors (Lipinski definition) is 0. The van der Waals surface area contributed by atoms with E-state index in [1.54, 1.807) is 13.1 Å². The van der Waals surface area contributed by atoms with Crippen LogP contribution in [0.2, 0.25) is 0 Å². The van der Waals surface area contributed by atoms with Crippen molar-refractivity contribution >= 4 is 11.8 Å². The molecule has 2 rings (SSSR count). The molecule has 19 heavy (non-hydrogen) atoms. The van der Waals surface area contributed by atoms with Crippen LogP contribution in [0.25, 0.3) is 0 Å². The lowest BCUT2D eigenvalue weighted by atomic mass is 10.2. The van der Waals surface area contributed by atoms with E-state index in [0.717, 1.165) is 16.9 Å². The Hall–Kier alpha value is -2.36. The van der Waals surface area contributed by atoms with Gasteiger partial charge in [0, 0.05) is 24.5 Å². The lowest BCUT2D eigenvalue weighted by Gasteiger charge is -2.16. The molecule has 0 radical (unpaired) electrons. The number of aromatic nitrogens is 1. The molecular weight excluding hydrogens is 240 g/mol. The van der Waals surface area contributed by atoms with Crippen LogP contribution in [-0.2, 0) is 0 Å². The van der Waals surface area contributed by atoms with Crippen molar-refractivity contribution in [1.82, 2.24) is 4.98 Å². The summed E-state index contributed by atoms with van der Waals surface area (Å²) < 4.78 is 5.27. The normalized spacial score (nSPS) is 10.1. The standard InChI is InChI=1S/C15H16N2O2/c1-11-9-12(2)16-14(10-11)19-15(18)17(3)13-7-5-4-6-8-13/h4-10H,1-3H3. The number of aryl methyl sites for hydroxylation is 2. The fourth-order valence-electron chi connectivity index (χ4n) is 1.77. The third-order valence-electron chi connectivity index (χ3n) is 2.68. The molecule has 0 unspecified atom stereocenters. The third-order valence-corrected chi connectivity index (χ3v) is 2.68. The molecule has 1 amide bonds. The van der Waals surface area contributed by atoms with Crippen molar-refractivity contribution < 1.29 is 9.53 Å². The van der Waals surface area contributed by atoms with Gasteiger partial charge in [-0.15, -0.1) is 0 Å². The van der Waals surface area contributed by atoms with Crippen molar-refractivity contribution in [1.29, 1.82) is 0 Å². The van der Waals surface area contributed by atoms with Crippen molar-refractivity contribution in [2.45, 2.75) is 13.8 Å². The van der Waals surface area contributed by atoms with Crippen LogP contribution in [0.3, 0.4) is 0 Å². The molecule has 0 aliphatic carbocycles. The largest absolute Gasteiger partial charge is 0.420 e. The molecule has 4 nitrogen and oxygen atoms in total. The SMILES string of the molecule is Cc1cc(C)nc(OC(=O)N(C)c2ccccc2)c1. The number of carbonyl (C=O) groups excluding carboxylic acids is 1.